The highest BCUT2D eigenvalue weighted by atomic mass is 32.2. The fourth-order valence-corrected chi connectivity index (χ4v) is 3.38. The molecule has 0 radical (unpaired) electrons. The summed E-state index contributed by atoms with van der Waals surface area (Å²) < 4.78 is 25.8. The molecule has 2 N–H and O–H groups in total. The number of amides is 1. The molecule has 0 atom stereocenters. The van der Waals surface area contributed by atoms with Crippen LogP contribution in [0.5, 0.6) is 0 Å². The van der Waals surface area contributed by atoms with Gasteiger partial charge in [0.2, 0.25) is 15.9 Å². The Hall–Kier alpha value is -2.89. The number of nitriles is 1. The molecule has 8 heteroatoms. The van der Waals surface area contributed by atoms with Gasteiger partial charge in [-0.25, -0.2) is 12.7 Å². The zero-order chi connectivity index (χ0) is 19.3. The Morgan fingerprint density at radius 3 is 2.54 bits per heavy atom. The zero-order valence-electron chi connectivity index (χ0n) is 14.8. The topological polar surface area (TPSA) is 102 Å². The second-order valence-electron chi connectivity index (χ2n) is 5.86. The minimum atomic E-state index is -3.59. The van der Waals surface area contributed by atoms with E-state index < -0.39 is 10.0 Å². The number of hydrogen-bond donors (Lipinski definition) is 2. The number of nitrogens with one attached hydrogen (secondary N) is 2. The van der Waals surface area contributed by atoms with Crippen LogP contribution in [0.3, 0.4) is 0 Å². The SMILES string of the molecule is Cc1ccc(NC(=O)CNc2cccc(C#N)c2)cc1S(=O)(=O)N(C)C. The number of carbonyl (C=O) groups is 1. The number of carbonyl (C=O) groups excluding carboxylic acids is 1. The van der Waals surface area contributed by atoms with E-state index >= 15 is 0 Å². The summed E-state index contributed by atoms with van der Waals surface area (Å²) in [6, 6.07) is 13.6. The molecule has 136 valence electrons. The Bertz CT molecular complexity index is 963. The van der Waals surface area contributed by atoms with E-state index in [0.717, 1.165) is 4.31 Å². The van der Waals surface area contributed by atoms with Gasteiger partial charge in [0.05, 0.1) is 23.1 Å². The molecule has 0 fully saturated rings. The molecule has 1 amide bonds. The standard InChI is InChI=1S/C18H20N4O3S/c1-13-7-8-16(10-17(13)26(24,25)22(2)3)21-18(23)12-20-15-6-4-5-14(9-15)11-19/h4-10,20H,12H2,1-3H3,(H,21,23). The van der Waals surface area contributed by atoms with Crippen LogP contribution in [-0.4, -0.2) is 39.3 Å². The quantitative estimate of drug-likeness (QED) is 0.809. The first-order valence-electron chi connectivity index (χ1n) is 7.81. The van der Waals surface area contributed by atoms with E-state index in [9.17, 15) is 13.2 Å². The zero-order valence-corrected chi connectivity index (χ0v) is 15.6. The van der Waals surface area contributed by atoms with Crippen molar-refractivity contribution in [2.45, 2.75) is 11.8 Å². The van der Waals surface area contributed by atoms with Gasteiger partial charge in [-0.1, -0.05) is 12.1 Å². The van der Waals surface area contributed by atoms with Crippen LogP contribution in [0.2, 0.25) is 0 Å². The largest absolute Gasteiger partial charge is 0.376 e. The molecule has 0 aromatic heterocycles. The number of sulfonamides is 1. The maximum absolute atomic E-state index is 12.3. The molecule has 0 spiro atoms. The molecule has 0 heterocycles. The third-order valence-electron chi connectivity index (χ3n) is 3.68. The van der Waals surface area contributed by atoms with E-state index in [1.165, 1.54) is 20.2 Å². The van der Waals surface area contributed by atoms with Crippen molar-refractivity contribution in [3.63, 3.8) is 0 Å². The molecule has 2 aromatic rings. The first-order valence-corrected chi connectivity index (χ1v) is 9.25. The summed E-state index contributed by atoms with van der Waals surface area (Å²) in [4.78, 5) is 12.3. The average molecular weight is 372 g/mol. The van der Waals surface area contributed by atoms with Gasteiger partial charge in [0.1, 0.15) is 0 Å². The van der Waals surface area contributed by atoms with Crippen molar-refractivity contribution in [2.24, 2.45) is 0 Å². The smallest absolute Gasteiger partial charge is 0.243 e. The fourth-order valence-electron chi connectivity index (χ4n) is 2.24. The minimum Gasteiger partial charge on any atom is -0.376 e. The first-order chi connectivity index (χ1) is 12.2. The summed E-state index contributed by atoms with van der Waals surface area (Å²) in [5.74, 6) is -0.329. The van der Waals surface area contributed by atoms with E-state index in [-0.39, 0.29) is 17.3 Å². The normalized spacial score (nSPS) is 11.0. The molecule has 0 aliphatic heterocycles. The second kappa shape index (κ2) is 7.99. The molecule has 0 unspecified atom stereocenters. The highest BCUT2D eigenvalue weighted by Crippen LogP contribution is 2.22. The van der Waals surface area contributed by atoms with Crippen LogP contribution in [0.15, 0.2) is 47.4 Å². The van der Waals surface area contributed by atoms with Gasteiger partial charge < -0.3 is 10.6 Å². The lowest BCUT2D eigenvalue weighted by Crippen LogP contribution is -2.24. The Morgan fingerprint density at radius 1 is 1.15 bits per heavy atom. The summed E-state index contributed by atoms with van der Waals surface area (Å²) >= 11 is 0. The average Bonchev–Trinajstić information content (AvgIpc) is 2.61. The van der Waals surface area contributed by atoms with Crippen LogP contribution in [0.4, 0.5) is 11.4 Å². The lowest BCUT2D eigenvalue weighted by Gasteiger charge is -2.15. The van der Waals surface area contributed by atoms with Crippen molar-refractivity contribution in [1.29, 1.82) is 5.26 Å². The Balaban J connectivity index is 2.09. The van der Waals surface area contributed by atoms with Crippen LogP contribution in [-0.2, 0) is 14.8 Å². The fraction of sp³-hybridized carbons (Fsp3) is 0.222. The molecular formula is C18H20N4O3S. The van der Waals surface area contributed by atoms with Gasteiger partial charge >= 0.3 is 0 Å². The van der Waals surface area contributed by atoms with E-state index in [1.807, 2.05) is 6.07 Å². The van der Waals surface area contributed by atoms with Gasteiger partial charge in [-0.2, -0.15) is 5.26 Å². The van der Waals surface area contributed by atoms with Gasteiger partial charge in [-0.3, -0.25) is 4.79 Å². The molecule has 7 nitrogen and oxygen atoms in total. The van der Waals surface area contributed by atoms with Gasteiger partial charge in [-0.15, -0.1) is 0 Å². The van der Waals surface area contributed by atoms with Gasteiger partial charge in [0, 0.05) is 25.5 Å². The number of aryl methyl sites for hydroxylation is 1. The molecule has 2 aromatic carbocycles. The molecule has 0 saturated heterocycles. The van der Waals surface area contributed by atoms with Crippen molar-refractivity contribution in [3.8, 4) is 6.07 Å². The van der Waals surface area contributed by atoms with E-state index in [2.05, 4.69) is 10.6 Å². The second-order valence-corrected chi connectivity index (χ2v) is 7.98. The highest BCUT2D eigenvalue weighted by molar-refractivity contribution is 7.89. The molecule has 0 aliphatic carbocycles. The van der Waals surface area contributed by atoms with Crippen molar-refractivity contribution in [3.05, 3.63) is 53.6 Å². The lowest BCUT2D eigenvalue weighted by atomic mass is 10.2. The van der Waals surface area contributed by atoms with E-state index in [1.54, 1.807) is 43.3 Å². The molecule has 2 rings (SSSR count). The van der Waals surface area contributed by atoms with Crippen LogP contribution < -0.4 is 10.6 Å². The Kier molecular flexibility index (Phi) is 5.97. The Labute approximate surface area is 153 Å². The number of hydrogen-bond acceptors (Lipinski definition) is 5. The molecule has 26 heavy (non-hydrogen) atoms. The monoisotopic (exact) mass is 372 g/mol. The van der Waals surface area contributed by atoms with Crippen molar-refractivity contribution in [2.75, 3.05) is 31.3 Å². The van der Waals surface area contributed by atoms with E-state index in [0.29, 0.717) is 22.5 Å². The molecular weight excluding hydrogens is 352 g/mol. The lowest BCUT2D eigenvalue weighted by molar-refractivity contribution is -0.114. The van der Waals surface area contributed by atoms with Gasteiger partial charge in [0.25, 0.3) is 0 Å². The third kappa shape index (κ3) is 4.59. The van der Waals surface area contributed by atoms with Crippen molar-refractivity contribution < 1.29 is 13.2 Å². The summed E-state index contributed by atoms with van der Waals surface area (Å²) in [5, 5.41) is 14.5. The number of benzene rings is 2. The maximum atomic E-state index is 12.3. The molecule has 0 saturated carbocycles. The van der Waals surface area contributed by atoms with Crippen molar-refractivity contribution >= 4 is 27.3 Å². The molecule has 0 aliphatic rings. The predicted octanol–water partition coefficient (Wildman–Crippen LogP) is 2.17. The highest BCUT2D eigenvalue weighted by Gasteiger charge is 2.20. The maximum Gasteiger partial charge on any atom is 0.243 e. The van der Waals surface area contributed by atoms with Crippen LogP contribution in [0.1, 0.15) is 11.1 Å². The number of rotatable bonds is 6. The van der Waals surface area contributed by atoms with E-state index in [4.69, 9.17) is 5.26 Å². The summed E-state index contributed by atoms with van der Waals surface area (Å²) in [6.45, 7) is 1.68. The number of anilines is 2. The number of nitrogens with zero attached hydrogens (tertiary/aromatic N) is 2. The van der Waals surface area contributed by atoms with Gasteiger partial charge in [-0.05, 0) is 42.8 Å². The minimum absolute atomic E-state index is 0.0154. The third-order valence-corrected chi connectivity index (χ3v) is 5.63. The van der Waals surface area contributed by atoms with Crippen molar-refractivity contribution in [1.82, 2.24) is 4.31 Å². The van der Waals surface area contributed by atoms with Crippen LogP contribution >= 0.6 is 0 Å². The molecule has 0 bridgehead atoms. The summed E-state index contributed by atoms with van der Waals surface area (Å²) in [6.07, 6.45) is 0. The van der Waals surface area contributed by atoms with Crippen LogP contribution in [0.25, 0.3) is 0 Å². The van der Waals surface area contributed by atoms with Gasteiger partial charge in [0.15, 0.2) is 0 Å². The predicted molar refractivity (Wildman–Crippen MR) is 100 cm³/mol. The summed E-state index contributed by atoms with van der Waals surface area (Å²) in [7, 11) is -0.678. The van der Waals surface area contributed by atoms with Crippen LogP contribution in [0, 0.1) is 18.3 Å². The first kappa shape index (κ1) is 19.4. The Morgan fingerprint density at radius 2 is 1.88 bits per heavy atom. The summed E-state index contributed by atoms with van der Waals surface area (Å²) in [5.41, 5.74) is 2.14.